The summed E-state index contributed by atoms with van der Waals surface area (Å²) in [6.45, 7) is 4.12. The van der Waals surface area contributed by atoms with Crippen LogP contribution in [0.4, 0.5) is 0 Å². The largest absolute Gasteiger partial charge is 0.298 e. The zero-order valence-corrected chi connectivity index (χ0v) is 8.44. The summed E-state index contributed by atoms with van der Waals surface area (Å²) < 4.78 is 1.24. The molecular formula is C11H10OS. The molecule has 0 bridgehead atoms. The molecule has 0 unspecified atom stereocenters. The van der Waals surface area contributed by atoms with Crippen molar-refractivity contribution in [1.29, 1.82) is 0 Å². The SMILES string of the molecule is Cc1ccc(C)c2c(C=O)csc12. The molecule has 0 aliphatic carbocycles. The molecule has 0 aliphatic heterocycles. The third-order valence-corrected chi connectivity index (χ3v) is 3.42. The van der Waals surface area contributed by atoms with Gasteiger partial charge in [-0.2, -0.15) is 0 Å². The second-order valence-corrected chi connectivity index (χ2v) is 4.09. The summed E-state index contributed by atoms with van der Waals surface area (Å²) in [6, 6.07) is 4.17. The van der Waals surface area contributed by atoms with Gasteiger partial charge in [-0.1, -0.05) is 12.1 Å². The van der Waals surface area contributed by atoms with Crippen molar-refractivity contribution in [3.8, 4) is 0 Å². The van der Waals surface area contributed by atoms with E-state index in [0.717, 1.165) is 17.2 Å². The van der Waals surface area contributed by atoms with Crippen LogP contribution in [0.1, 0.15) is 21.5 Å². The molecule has 0 aliphatic rings. The third-order valence-electron chi connectivity index (χ3n) is 2.28. The second kappa shape index (κ2) is 2.96. The normalized spacial score (nSPS) is 10.6. The molecule has 0 radical (unpaired) electrons. The van der Waals surface area contributed by atoms with Gasteiger partial charge in [0.2, 0.25) is 0 Å². The average molecular weight is 190 g/mol. The van der Waals surface area contributed by atoms with E-state index in [1.807, 2.05) is 12.3 Å². The van der Waals surface area contributed by atoms with Crippen molar-refractivity contribution in [2.24, 2.45) is 0 Å². The molecule has 1 heterocycles. The van der Waals surface area contributed by atoms with Gasteiger partial charge in [0, 0.05) is 21.0 Å². The Hall–Kier alpha value is -1.15. The van der Waals surface area contributed by atoms with Gasteiger partial charge in [-0.25, -0.2) is 0 Å². The highest BCUT2D eigenvalue weighted by Crippen LogP contribution is 2.30. The van der Waals surface area contributed by atoms with Crippen molar-refractivity contribution in [1.82, 2.24) is 0 Å². The fourth-order valence-electron chi connectivity index (χ4n) is 1.56. The lowest BCUT2D eigenvalue weighted by molar-refractivity contribution is 0.112. The Balaban J connectivity index is 2.95. The number of benzene rings is 1. The van der Waals surface area contributed by atoms with Crippen LogP contribution in [0.25, 0.3) is 10.1 Å². The maximum Gasteiger partial charge on any atom is 0.151 e. The van der Waals surface area contributed by atoms with Crippen LogP contribution >= 0.6 is 11.3 Å². The highest BCUT2D eigenvalue weighted by Gasteiger charge is 2.07. The zero-order valence-electron chi connectivity index (χ0n) is 7.63. The molecule has 0 spiro atoms. The Morgan fingerprint density at radius 3 is 2.62 bits per heavy atom. The van der Waals surface area contributed by atoms with Gasteiger partial charge in [-0.15, -0.1) is 11.3 Å². The molecule has 0 saturated heterocycles. The minimum Gasteiger partial charge on any atom is -0.298 e. The van der Waals surface area contributed by atoms with Crippen LogP contribution in [0.15, 0.2) is 17.5 Å². The van der Waals surface area contributed by atoms with Crippen molar-refractivity contribution in [3.63, 3.8) is 0 Å². The van der Waals surface area contributed by atoms with Crippen LogP contribution in [-0.4, -0.2) is 6.29 Å². The van der Waals surface area contributed by atoms with Gasteiger partial charge in [0.05, 0.1) is 0 Å². The molecule has 0 atom stereocenters. The summed E-state index contributed by atoms with van der Waals surface area (Å²) in [5, 5.41) is 3.05. The number of thiophene rings is 1. The lowest BCUT2D eigenvalue weighted by atomic mass is 10.1. The molecule has 0 amide bonds. The Kier molecular flexibility index (Phi) is 1.93. The summed E-state index contributed by atoms with van der Waals surface area (Å²) in [7, 11) is 0. The van der Waals surface area contributed by atoms with E-state index in [-0.39, 0.29) is 0 Å². The lowest BCUT2D eigenvalue weighted by Crippen LogP contribution is -1.81. The lowest BCUT2D eigenvalue weighted by Gasteiger charge is -1.99. The molecule has 1 aromatic heterocycles. The average Bonchev–Trinajstić information content (AvgIpc) is 2.56. The maximum atomic E-state index is 10.8. The number of fused-ring (bicyclic) bond motifs is 1. The summed E-state index contributed by atoms with van der Waals surface area (Å²) in [5.74, 6) is 0. The number of aryl methyl sites for hydroxylation is 2. The Labute approximate surface area is 81.0 Å². The molecule has 0 N–H and O–H groups in total. The first-order valence-corrected chi connectivity index (χ1v) is 5.04. The number of carbonyl (C=O) groups excluding carboxylic acids is 1. The van der Waals surface area contributed by atoms with Gasteiger partial charge in [-0.05, 0) is 25.0 Å². The minimum atomic E-state index is 0.821. The quantitative estimate of drug-likeness (QED) is 0.630. The van der Waals surface area contributed by atoms with E-state index in [4.69, 9.17) is 0 Å². The van der Waals surface area contributed by atoms with Crippen LogP contribution in [0.3, 0.4) is 0 Å². The standard InChI is InChI=1S/C11H10OS/c1-7-3-4-8(2)11-10(7)9(5-12)6-13-11/h3-6H,1-2H3. The number of hydrogen-bond acceptors (Lipinski definition) is 2. The van der Waals surface area contributed by atoms with E-state index >= 15 is 0 Å². The molecule has 2 rings (SSSR count). The van der Waals surface area contributed by atoms with Crippen LogP contribution in [0, 0.1) is 13.8 Å². The molecular weight excluding hydrogens is 180 g/mol. The van der Waals surface area contributed by atoms with Gasteiger partial charge in [0.25, 0.3) is 0 Å². The molecule has 2 heteroatoms. The Morgan fingerprint density at radius 1 is 1.23 bits per heavy atom. The van der Waals surface area contributed by atoms with Gasteiger partial charge >= 0.3 is 0 Å². The van der Waals surface area contributed by atoms with Gasteiger partial charge in [-0.3, -0.25) is 4.79 Å². The first-order chi connectivity index (χ1) is 6.24. The smallest absolute Gasteiger partial charge is 0.151 e. The molecule has 66 valence electrons. The van der Waals surface area contributed by atoms with E-state index in [2.05, 4.69) is 19.1 Å². The van der Waals surface area contributed by atoms with E-state index in [9.17, 15) is 4.79 Å². The topological polar surface area (TPSA) is 17.1 Å². The maximum absolute atomic E-state index is 10.8. The van der Waals surface area contributed by atoms with Crippen molar-refractivity contribution >= 4 is 27.7 Å². The van der Waals surface area contributed by atoms with Crippen molar-refractivity contribution in [2.45, 2.75) is 13.8 Å². The minimum absolute atomic E-state index is 0.821. The molecule has 1 nitrogen and oxygen atoms in total. The third kappa shape index (κ3) is 1.18. The predicted molar refractivity (Wildman–Crippen MR) is 56.7 cm³/mol. The Bertz CT molecular complexity index is 468. The molecule has 0 fully saturated rings. The van der Waals surface area contributed by atoms with E-state index in [0.29, 0.717) is 0 Å². The van der Waals surface area contributed by atoms with Crippen molar-refractivity contribution in [2.75, 3.05) is 0 Å². The first kappa shape index (κ1) is 8.45. The van der Waals surface area contributed by atoms with Gasteiger partial charge in [0.15, 0.2) is 6.29 Å². The van der Waals surface area contributed by atoms with Crippen molar-refractivity contribution in [3.05, 3.63) is 34.2 Å². The van der Waals surface area contributed by atoms with Crippen LogP contribution in [-0.2, 0) is 0 Å². The van der Waals surface area contributed by atoms with E-state index in [1.165, 1.54) is 15.8 Å². The fourth-order valence-corrected chi connectivity index (χ4v) is 2.63. The highest BCUT2D eigenvalue weighted by atomic mass is 32.1. The summed E-state index contributed by atoms with van der Waals surface area (Å²) in [4.78, 5) is 10.8. The fraction of sp³-hybridized carbons (Fsp3) is 0.182. The van der Waals surface area contributed by atoms with Gasteiger partial charge < -0.3 is 0 Å². The monoisotopic (exact) mass is 190 g/mol. The zero-order chi connectivity index (χ0) is 9.42. The van der Waals surface area contributed by atoms with Crippen molar-refractivity contribution < 1.29 is 4.79 Å². The Morgan fingerprint density at radius 2 is 1.92 bits per heavy atom. The molecule has 1 aromatic carbocycles. The summed E-state index contributed by atoms with van der Waals surface area (Å²) >= 11 is 1.65. The van der Waals surface area contributed by atoms with E-state index < -0.39 is 0 Å². The number of carbonyl (C=O) groups is 1. The number of aldehydes is 1. The predicted octanol–water partition coefficient (Wildman–Crippen LogP) is 3.33. The molecule has 13 heavy (non-hydrogen) atoms. The van der Waals surface area contributed by atoms with E-state index in [1.54, 1.807) is 11.3 Å². The number of rotatable bonds is 1. The first-order valence-electron chi connectivity index (χ1n) is 4.16. The van der Waals surface area contributed by atoms with Gasteiger partial charge in [0.1, 0.15) is 0 Å². The highest BCUT2D eigenvalue weighted by molar-refractivity contribution is 7.17. The van der Waals surface area contributed by atoms with Crippen LogP contribution in [0.2, 0.25) is 0 Å². The molecule has 2 aromatic rings. The van der Waals surface area contributed by atoms with Crippen LogP contribution < -0.4 is 0 Å². The summed E-state index contributed by atoms with van der Waals surface area (Å²) in [6.07, 6.45) is 0.936. The summed E-state index contributed by atoms with van der Waals surface area (Å²) in [5.41, 5.74) is 3.25. The number of hydrogen-bond donors (Lipinski definition) is 0. The van der Waals surface area contributed by atoms with Crippen LogP contribution in [0.5, 0.6) is 0 Å². The second-order valence-electron chi connectivity index (χ2n) is 3.21. The molecule has 0 saturated carbocycles.